The first kappa shape index (κ1) is 14.8. The molecule has 1 aromatic heterocycles. The molecule has 0 aliphatic heterocycles. The number of halogens is 3. The lowest BCUT2D eigenvalue weighted by Gasteiger charge is -2.09. The summed E-state index contributed by atoms with van der Waals surface area (Å²) in [5.41, 5.74) is -1.02. The summed E-state index contributed by atoms with van der Waals surface area (Å²) in [5, 5.41) is 8.55. The van der Waals surface area contributed by atoms with E-state index in [-0.39, 0.29) is 5.69 Å². The van der Waals surface area contributed by atoms with Crippen molar-refractivity contribution in [3.05, 3.63) is 53.6 Å². The molecule has 1 aromatic carbocycles. The Morgan fingerprint density at radius 3 is 2.24 bits per heavy atom. The quantitative estimate of drug-likeness (QED) is 0.941. The van der Waals surface area contributed by atoms with Crippen molar-refractivity contribution in [2.75, 3.05) is 4.72 Å². The van der Waals surface area contributed by atoms with Gasteiger partial charge < -0.3 is 0 Å². The molecular formula is C12H6F3N3O2S. The molecule has 1 heterocycles. The fourth-order valence-corrected chi connectivity index (χ4v) is 2.46. The average molecular weight is 313 g/mol. The Bertz CT molecular complexity index is 807. The molecule has 0 spiro atoms. The van der Waals surface area contributed by atoms with Gasteiger partial charge in [-0.05, 0) is 12.1 Å². The van der Waals surface area contributed by atoms with Crippen molar-refractivity contribution in [2.45, 2.75) is 4.90 Å². The highest BCUT2D eigenvalue weighted by molar-refractivity contribution is 7.92. The van der Waals surface area contributed by atoms with Gasteiger partial charge in [0.1, 0.15) is 28.2 Å². The fraction of sp³-hybridized carbons (Fsp3) is 0. The molecule has 21 heavy (non-hydrogen) atoms. The first-order valence-electron chi connectivity index (χ1n) is 5.37. The van der Waals surface area contributed by atoms with Crippen LogP contribution in [0.4, 0.5) is 18.9 Å². The van der Waals surface area contributed by atoms with Gasteiger partial charge in [0.25, 0.3) is 10.0 Å². The Morgan fingerprint density at radius 1 is 1.14 bits per heavy atom. The van der Waals surface area contributed by atoms with E-state index in [1.54, 1.807) is 10.8 Å². The van der Waals surface area contributed by atoms with Crippen molar-refractivity contribution < 1.29 is 21.6 Å². The molecule has 0 aliphatic carbocycles. The second-order valence-electron chi connectivity index (χ2n) is 3.84. The summed E-state index contributed by atoms with van der Waals surface area (Å²) in [6.07, 6.45) is 0.861. The number of benzene rings is 1. The minimum absolute atomic E-state index is 0.0203. The van der Waals surface area contributed by atoms with E-state index in [1.165, 1.54) is 0 Å². The SMILES string of the molecule is N#Cc1ccc(S(=O)(=O)Nc2c(F)cc(F)cc2F)cn1. The predicted octanol–water partition coefficient (Wildman–Crippen LogP) is 2.17. The van der Waals surface area contributed by atoms with E-state index >= 15 is 0 Å². The zero-order valence-electron chi connectivity index (χ0n) is 10.1. The minimum atomic E-state index is -4.32. The van der Waals surface area contributed by atoms with Crippen LogP contribution in [0.3, 0.4) is 0 Å². The lowest BCUT2D eigenvalue weighted by molar-refractivity contribution is 0.547. The van der Waals surface area contributed by atoms with E-state index in [0.29, 0.717) is 12.1 Å². The number of rotatable bonds is 3. The molecule has 108 valence electrons. The van der Waals surface area contributed by atoms with Crippen LogP contribution < -0.4 is 4.72 Å². The van der Waals surface area contributed by atoms with Gasteiger partial charge in [-0.1, -0.05) is 0 Å². The molecule has 0 saturated heterocycles. The number of sulfonamides is 1. The lowest BCUT2D eigenvalue weighted by atomic mass is 10.3. The molecule has 1 N–H and O–H groups in total. The Hall–Kier alpha value is -2.60. The minimum Gasteiger partial charge on any atom is -0.274 e. The molecule has 0 amide bonds. The van der Waals surface area contributed by atoms with E-state index < -0.39 is 38.1 Å². The maximum absolute atomic E-state index is 13.4. The number of pyridine rings is 1. The maximum atomic E-state index is 13.4. The smallest absolute Gasteiger partial charge is 0.263 e. The largest absolute Gasteiger partial charge is 0.274 e. The Morgan fingerprint density at radius 2 is 1.76 bits per heavy atom. The summed E-state index contributed by atoms with van der Waals surface area (Å²) in [4.78, 5) is 3.14. The van der Waals surface area contributed by atoms with E-state index in [1.807, 2.05) is 0 Å². The van der Waals surface area contributed by atoms with Crippen LogP contribution in [0.1, 0.15) is 5.69 Å². The standard InChI is InChI=1S/C12H6F3N3O2S/c13-7-3-10(14)12(11(15)4-7)18-21(19,20)9-2-1-8(5-16)17-6-9/h1-4,6,18H. The monoisotopic (exact) mass is 313 g/mol. The Kier molecular flexibility index (Phi) is 3.82. The van der Waals surface area contributed by atoms with Crippen molar-refractivity contribution in [2.24, 2.45) is 0 Å². The van der Waals surface area contributed by atoms with Gasteiger partial charge in [-0.25, -0.2) is 26.6 Å². The van der Waals surface area contributed by atoms with Crippen molar-refractivity contribution in [1.29, 1.82) is 5.26 Å². The third-order valence-corrected chi connectivity index (χ3v) is 3.74. The van der Waals surface area contributed by atoms with Crippen LogP contribution in [0.2, 0.25) is 0 Å². The highest BCUT2D eigenvalue weighted by atomic mass is 32.2. The average Bonchev–Trinajstić information content (AvgIpc) is 2.43. The zero-order valence-corrected chi connectivity index (χ0v) is 11.0. The second-order valence-corrected chi connectivity index (χ2v) is 5.52. The van der Waals surface area contributed by atoms with Crippen LogP contribution in [0.15, 0.2) is 35.4 Å². The molecule has 0 unspecified atom stereocenters. The second kappa shape index (κ2) is 5.41. The topological polar surface area (TPSA) is 82.8 Å². The highest BCUT2D eigenvalue weighted by Gasteiger charge is 2.20. The molecule has 0 atom stereocenters. The van der Waals surface area contributed by atoms with Gasteiger partial charge in [-0.3, -0.25) is 4.72 Å². The molecule has 0 saturated carbocycles. The number of aromatic nitrogens is 1. The van der Waals surface area contributed by atoms with E-state index in [9.17, 15) is 21.6 Å². The Labute approximate surface area is 117 Å². The normalized spacial score (nSPS) is 11.0. The number of hydrogen-bond acceptors (Lipinski definition) is 4. The summed E-state index contributed by atoms with van der Waals surface area (Å²) in [5.74, 6) is -3.96. The molecule has 0 fully saturated rings. The molecule has 0 radical (unpaired) electrons. The highest BCUT2D eigenvalue weighted by Crippen LogP contribution is 2.23. The summed E-state index contributed by atoms with van der Waals surface area (Å²) < 4.78 is 65.1. The summed E-state index contributed by atoms with van der Waals surface area (Å²) in [6, 6.07) is 4.56. The van der Waals surface area contributed by atoms with Crippen LogP contribution in [-0.4, -0.2) is 13.4 Å². The van der Waals surface area contributed by atoms with E-state index in [0.717, 1.165) is 18.3 Å². The lowest BCUT2D eigenvalue weighted by Crippen LogP contribution is -2.15. The van der Waals surface area contributed by atoms with Gasteiger partial charge in [-0.2, -0.15) is 5.26 Å². The van der Waals surface area contributed by atoms with E-state index in [4.69, 9.17) is 5.26 Å². The summed E-state index contributed by atoms with van der Waals surface area (Å²) >= 11 is 0. The number of nitrogens with one attached hydrogen (secondary N) is 1. The van der Waals surface area contributed by atoms with Gasteiger partial charge in [-0.15, -0.1) is 0 Å². The van der Waals surface area contributed by atoms with Crippen LogP contribution >= 0.6 is 0 Å². The number of hydrogen-bond donors (Lipinski definition) is 1. The fourth-order valence-electron chi connectivity index (χ4n) is 1.44. The van der Waals surface area contributed by atoms with Crippen LogP contribution in [0.25, 0.3) is 0 Å². The number of nitriles is 1. The zero-order chi connectivity index (χ0) is 15.6. The van der Waals surface area contributed by atoms with Crippen LogP contribution in [0.5, 0.6) is 0 Å². The summed E-state index contributed by atoms with van der Waals surface area (Å²) in [6.45, 7) is 0. The van der Waals surface area contributed by atoms with Gasteiger partial charge in [0.05, 0.1) is 0 Å². The number of anilines is 1. The molecule has 2 aromatic rings. The third-order valence-electron chi connectivity index (χ3n) is 2.40. The molecule has 0 aliphatic rings. The molecule has 0 bridgehead atoms. The molecule has 5 nitrogen and oxygen atoms in total. The van der Waals surface area contributed by atoms with Crippen LogP contribution in [-0.2, 0) is 10.0 Å². The summed E-state index contributed by atoms with van der Waals surface area (Å²) in [7, 11) is -4.32. The van der Waals surface area contributed by atoms with Gasteiger partial charge in [0.15, 0.2) is 11.6 Å². The van der Waals surface area contributed by atoms with Crippen molar-refractivity contribution >= 4 is 15.7 Å². The molecule has 2 rings (SSSR count). The van der Waals surface area contributed by atoms with E-state index in [2.05, 4.69) is 4.98 Å². The molecular weight excluding hydrogens is 307 g/mol. The first-order valence-corrected chi connectivity index (χ1v) is 6.85. The third kappa shape index (κ3) is 3.11. The van der Waals surface area contributed by atoms with Gasteiger partial charge in [0.2, 0.25) is 0 Å². The van der Waals surface area contributed by atoms with Crippen molar-refractivity contribution in [3.8, 4) is 6.07 Å². The first-order chi connectivity index (χ1) is 9.83. The maximum Gasteiger partial charge on any atom is 0.263 e. The van der Waals surface area contributed by atoms with Crippen LogP contribution in [0, 0.1) is 28.8 Å². The number of nitrogens with zero attached hydrogens (tertiary/aromatic N) is 2. The van der Waals surface area contributed by atoms with Crippen molar-refractivity contribution in [1.82, 2.24) is 4.98 Å². The van der Waals surface area contributed by atoms with Crippen molar-refractivity contribution in [3.63, 3.8) is 0 Å². The predicted molar refractivity (Wildman–Crippen MR) is 66.1 cm³/mol. The van der Waals surface area contributed by atoms with Gasteiger partial charge >= 0.3 is 0 Å². The van der Waals surface area contributed by atoms with Gasteiger partial charge in [0, 0.05) is 18.3 Å². The Balaban J connectivity index is 2.40. The molecule has 9 heteroatoms.